The summed E-state index contributed by atoms with van der Waals surface area (Å²) in [6.07, 6.45) is 6.28. The van der Waals surface area contributed by atoms with Crippen LogP contribution >= 0.6 is 15.3 Å². The van der Waals surface area contributed by atoms with E-state index in [4.69, 9.17) is 4.43 Å². The molecule has 3 atom stereocenters. The zero-order valence-corrected chi connectivity index (χ0v) is 8.43. The molecule has 2 aliphatic carbocycles. The Kier molecular flexibility index (Phi) is 2.16. The van der Waals surface area contributed by atoms with Crippen LogP contribution in [0.15, 0.2) is 0 Å². The fraction of sp³-hybridized carbons (Fsp3) is 1.00. The van der Waals surface area contributed by atoms with Gasteiger partial charge in [0, 0.05) is 6.10 Å². The highest BCUT2D eigenvalue weighted by Gasteiger charge is 2.39. The average Bonchev–Trinajstić information content (AvgIpc) is 2.48. The fourth-order valence-corrected chi connectivity index (χ4v) is 3.51. The predicted molar refractivity (Wildman–Crippen MR) is 45.0 cm³/mol. The molecule has 56 valence electrons. The number of rotatable bonds is 2. The molecule has 2 saturated carbocycles. The van der Waals surface area contributed by atoms with Gasteiger partial charge in [0.2, 0.25) is 0 Å². The van der Waals surface area contributed by atoms with Gasteiger partial charge in [0.25, 0.3) is 0 Å². The number of hydrogen-bond donors (Lipinski definition) is 0. The van der Waals surface area contributed by atoms with E-state index in [9.17, 15) is 0 Å². The minimum Gasteiger partial charge on any atom is -0.403 e. The van der Waals surface area contributed by atoms with Crippen LogP contribution in [0.5, 0.6) is 0 Å². The van der Waals surface area contributed by atoms with Gasteiger partial charge in [-0.3, -0.25) is 0 Å². The molecule has 1 nitrogen and oxygen atoms in total. The Bertz CT molecular complexity index is 131. The SMILES string of the molecule is Br[Si]O[C@H]1C[C@@H]2CC[C@H]1C2. The first-order chi connectivity index (χ1) is 4.90. The number of halogens is 1. The van der Waals surface area contributed by atoms with Crippen molar-refractivity contribution in [1.82, 2.24) is 0 Å². The topological polar surface area (TPSA) is 9.23 Å². The van der Waals surface area contributed by atoms with E-state index in [0.717, 1.165) is 11.8 Å². The van der Waals surface area contributed by atoms with Gasteiger partial charge < -0.3 is 4.43 Å². The lowest BCUT2D eigenvalue weighted by molar-refractivity contribution is 0.150. The van der Waals surface area contributed by atoms with Gasteiger partial charge in [-0.05, 0) is 37.5 Å². The van der Waals surface area contributed by atoms with Crippen LogP contribution in [0, 0.1) is 11.8 Å². The largest absolute Gasteiger partial charge is 0.403 e. The normalized spacial score (nSPS) is 44.7. The van der Waals surface area contributed by atoms with E-state index in [1.165, 1.54) is 25.7 Å². The van der Waals surface area contributed by atoms with Crippen molar-refractivity contribution in [3.05, 3.63) is 0 Å². The highest BCUT2D eigenvalue weighted by Crippen LogP contribution is 2.45. The van der Waals surface area contributed by atoms with Crippen molar-refractivity contribution in [2.75, 3.05) is 0 Å². The maximum atomic E-state index is 5.58. The Morgan fingerprint density at radius 2 is 2.20 bits per heavy atom. The second kappa shape index (κ2) is 2.95. The van der Waals surface area contributed by atoms with Gasteiger partial charge in [0.15, 0.2) is 0 Å². The molecule has 0 saturated heterocycles. The van der Waals surface area contributed by atoms with Gasteiger partial charge >= 0.3 is 8.38 Å². The van der Waals surface area contributed by atoms with E-state index >= 15 is 0 Å². The highest BCUT2D eigenvalue weighted by atomic mass is 79.9. The van der Waals surface area contributed by atoms with Gasteiger partial charge in [-0.2, -0.15) is 0 Å². The summed E-state index contributed by atoms with van der Waals surface area (Å²) < 4.78 is 5.58. The lowest BCUT2D eigenvalue weighted by Gasteiger charge is -2.20. The van der Waals surface area contributed by atoms with Crippen molar-refractivity contribution < 1.29 is 4.43 Å². The first-order valence-electron chi connectivity index (χ1n) is 3.91. The molecule has 0 unspecified atom stereocenters. The number of hydrogen-bond acceptors (Lipinski definition) is 1. The maximum absolute atomic E-state index is 5.58. The molecule has 0 N–H and O–H groups in total. The summed E-state index contributed by atoms with van der Waals surface area (Å²) in [7, 11) is 0.514. The van der Waals surface area contributed by atoms with Crippen LogP contribution < -0.4 is 0 Å². The Hall–Kier alpha value is 0.657. The Balaban J connectivity index is 1.90. The minimum atomic E-state index is 0.514. The lowest BCUT2D eigenvalue weighted by Crippen LogP contribution is -2.20. The van der Waals surface area contributed by atoms with E-state index in [0.29, 0.717) is 14.5 Å². The Morgan fingerprint density at radius 1 is 1.30 bits per heavy atom. The van der Waals surface area contributed by atoms with Gasteiger partial charge in [0.1, 0.15) is 0 Å². The molecule has 2 bridgehead atoms. The smallest absolute Gasteiger partial charge is 0.322 e. The molecule has 2 aliphatic rings. The van der Waals surface area contributed by atoms with Crippen molar-refractivity contribution in [2.45, 2.75) is 31.8 Å². The Morgan fingerprint density at radius 3 is 2.70 bits per heavy atom. The first kappa shape index (κ1) is 7.31. The van der Waals surface area contributed by atoms with E-state index < -0.39 is 0 Å². The molecular weight excluding hydrogens is 208 g/mol. The molecule has 0 aromatic heterocycles. The standard InChI is InChI=1S/C7H11BrOSi/c8-10-9-7-4-5-1-2-6(7)3-5/h5-7H,1-4H2/t5-,6+,7+/m1/s1. The van der Waals surface area contributed by atoms with Crippen molar-refractivity contribution in [2.24, 2.45) is 11.8 Å². The summed E-state index contributed by atoms with van der Waals surface area (Å²) >= 11 is 3.34. The second-order valence-electron chi connectivity index (χ2n) is 3.41. The van der Waals surface area contributed by atoms with Crippen LogP contribution in [0.4, 0.5) is 0 Å². The van der Waals surface area contributed by atoms with E-state index in [2.05, 4.69) is 15.3 Å². The molecular formula is C7H11BrOSi. The van der Waals surface area contributed by atoms with Gasteiger partial charge in [-0.25, -0.2) is 0 Å². The maximum Gasteiger partial charge on any atom is 0.322 e. The van der Waals surface area contributed by atoms with E-state index in [-0.39, 0.29) is 0 Å². The molecule has 0 aromatic carbocycles. The quantitative estimate of drug-likeness (QED) is 0.510. The van der Waals surface area contributed by atoms with Crippen LogP contribution in [-0.2, 0) is 4.43 Å². The fourth-order valence-electron chi connectivity index (χ4n) is 2.39. The molecule has 0 amide bonds. The first-order valence-corrected chi connectivity index (χ1v) is 7.08. The third kappa shape index (κ3) is 1.19. The summed E-state index contributed by atoms with van der Waals surface area (Å²) in [4.78, 5) is 0. The summed E-state index contributed by atoms with van der Waals surface area (Å²) in [5.74, 6) is 1.92. The molecule has 2 fully saturated rings. The summed E-state index contributed by atoms with van der Waals surface area (Å²) in [6, 6.07) is 0. The molecule has 3 heteroatoms. The van der Waals surface area contributed by atoms with E-state index in [1.54, 1.807) is 0 Å². The zero-order valence-electron chi connectivity index (χ0n) is 5.85. The molecule has 0 heterocycles. The number of fused-ring (bicyclic) bond motifs is 2. The third-order valence-electron chi connectivity index (χ3n) is 2.87. The molecule has 0 aliphatic heterocycles. The van der Waals surface area contributed by atoms with Crippen LogP contribution in [0.2, 0.25) is 0 Å². The molecule has 0 aromatic rings. The average molecular weight is 219 g/mol. The lowest BCUT2D eigenvalue weighted by atomic mass is 9.98. The van der Waals surface area contributed by atoms with Crippen molar-refractivity contribution >= 4 is 23.7 Å². The van der Waals surface area contributed by atoms with Crippen LogP contribution in [-0.4, -0.2) is 14.5 Å². The monoisotopic (exact) mass is 218 g/mol. The van der Waals surface area contributed by atoms with Crippen LogP contribution in [0.25, 0.3) is 0 Å². The third-order valence-corrected chi connectivity index (χ3v) is 3.82. The predicted octanol–water partition coefficient (Wildman–Crippen LogP) is 2.12. The zero-order chi connectivity index (χ0) is 6.97. The summed E-state index contributed by atoms with van der Waals surface area (Å²) in [6.45, 7) is 0. The minimum absolute atomic E-state index is 0.514. The van der Waals surface area contributed by atoms with Gasteiger partial charge in [-0.15, -0.1) is 0 Å². The van der Waals surface area contributed by atoms with Crippen LogP contribution in [0.1, 0.15) is 25.7 Å². The molecule has 10 heavy (non-hydrogen) atoms. The Labute approximate surface area is 72.0 Å². The molecule has 2 rings (SSSR count). The summed E-state index contributed by atoms with van der Waals surface area (Å²) in [5.41, 5.74) is 0. The van der Waals surface area contributed by atoms with Crippen molar-refractivity contribution in [1.29, 1.82) is 0 Å². The summed E-state index contributed by atoms with van der Waals surface area (Å²) in [5, 5.41) is 0. The molecule has 2 radical (unpaired) electrons. The molecule has 0 spiro atoms. The van der Waals surface area contributed by atoms with Crippen LogP contribution in [0.3, 0.4) is 0 Å². The van der Waals surface area contributed by atoms with Gasteiger partial charge in [0.05, 0.1) is 0 Å². The second-order valence-corrected chi connectivity index (χ2v) is 4.77. The van der Waals surface area contributed by atoms with Crippen molar-refractivity contribution in [3.8, 4) is 0 Å². The van der Waals surface area contributed by atoms with Gasteiger partial charge in [-0.1, -0.05) is 15.3 Å². The van der Waals surface area contributed by atoms with Crippen molar-refractivity contribution in [3.63, 3.8) is 0 Å². The highest BCUT2D eigenvalue weighted by molar-refractivity contribution is 9.23. The van der Waals surface area contributed by atoms with E-state index in [1.807, 2.05) is 0 Å².